The average Bonchev–Trinajstić information content (AvgIpc) is 4.01. The number of anilines is 3. The Bertz CT molecular complexity index is 3400. The first kappa shape index (κ1) is 37.2. The van der Waals surface area contributed by atoms with Gasteiger partial charge in [-0.1, -0.05) is 203 Å². The van der Waals surface area contributed by atoms with Gasteiger partial charge in [0.25, 0.3) is 0 Å². The molecular formula is C64H49N. The quantitative estimate of drug-likeness (QED) is 0.171. The molecule has 0 aromatic heterocycles. The summed E-state index contributed by atoms with van der Waals surface area (Å²) < 4.78 is 0. The largest absolute Gasteiger partial charge is 0.310 e. The van der Waals surface area contributed by atoms with Gasteiger partial charge in [-0.3, -0.25) is 0 Å². The van der Waals surface area contributed by atoms with Crippen LogP contribution in [0.2, 0.25) is 0 Å². The zero-order valence-corrected chi connectivity index (χ0v) is 37.0. The summed E-state index contributed by atoms with van der Waals surface area (Å²) in [5.41, 5.74) is 27.6. The van der Waals surface area contributed by atoms with Crippen LogP contribution in [-0.4, -0.2) is 0 Å². The van der Waals surface area contributed by atoms with Crippen molar-refractivity contribution in [1.29, 1.82) is 0 Å². The average molecular weight is 832 g/mol. The van der Waals surface area contributed by atoms with Crippen LogP contribution in [0.4, 0.5) is 17.1 Å². The van der Waals surface area contributed by atoms with Crippen molar-refractivity contribution in [2.24, 2.45) is 0 Å². The number of rotatable bonds is 4. The van der Waals surface area contributed by atoms with Gasteiger partial charge >= 0.3 is 0 Å². The van der Waals surface area contributed by atoms with E-state index in [0.717, 1.165) is 0 Å². The molecule has 0 amide bonds. The zero-order chi connectivity index (χ0) is 43.1. The van der Waals surface area contributed by atoms with Gasteiger partial charge in [0.15, 0.2) is 0 Å². The van der Waals surface area contributed by atoms with Gasteiger partial charge in [0, 0.05) is 27.8 Å². The number of benzene rings is 9. The Morgan fingerprint density at radius 1 is 0.323 bits per heavy atom. The molecule has 0 radical (unpaired) electrons. The Labute approximate surface area is 382 Å². The molecule has 1 fully saturated rings. The summed E-state index contributed by atoms with van der Waals surface area (Å²) in [4.78, 5) is 2.62. The minimum absolute atomic E-state index is 0.0301. The van der Waals surface area contributed by atoms with Crippen LogP contribution in [0.1, 0.15) is 90.5 Å². The lowest BCUT2D eigenvalue weighted by Crippen LogP contribution is -2.28. The number of hydrogen-bond acceptors (Lipinski definition) is 1. The fourth-order valence-electron chi connectivity index (χ4n) is 13.9. The third-order valence-electron chi connectivity index (χ3n) is 16.5. The standard InChI is InChI=1S/C64H49N/c1-62(2)53-27-10-4-23-47(53)51-25-18-26-52(61(51)62)50-24-9-15-32-60(50)65(41-33-35-48-43-19-5-11-28-54(43)63(58(48)39-41)37-16-3-17-38-63)42-34-36-49-46-22-8-14-31-57(46)64(59(49)40-42)55-29-12-6-20-44(55)45-21-7-13-30-56(45)64/h4-15,18-36,39-40H,3,16-17,37-38H2,1-2H3. The fraction of sp³-hybridized carbons (Fsp3) is 0.156. The van der Waals surface area contributed by atoms with Gasteiger partial charge in [0.1, 0.15) is 0 Å². The van der Waals surface area contributed by atoms with Crippen LogP contribution in [0.5, 0.6) is 0 Å². The second-order valence-corrected chi connectivity index (χ2v) is 19.8. The van der Waals surface area contributed by atoms with E-state index in [9.17, 15) is 0 Å². The Kier molecular flexibility index (Phi) is 7.67. The van der Waals surface area contributed by atoms with Crippen LogP contribution in [0.15, 0.2) is 200 Å². The lowest BCUT2D eigenvalue weighted by Gasteiger charge is -2.37. The van der Waals surface area contributed by atoms with Gasteiger partial charge in [-0.25, -0.2) is 0 Å². The topological polar surface area (TPSA) is 3.24 Å². The van der Waals surface area contributed by atoms with E-state index in [2.05, 4.69) is 219 Å². The van der Waals surface area contributed by atoms with E-state index in [4.69, 9.17) is 0 Å². The summed E-state index contributed by atoms with van der Waals surface area (Å²) in [6.45, 7) is 4.83. The maximum atomic E-state index is 2.62. The second-order valence-electron chi connectivity index (χ2n) is 19.8. The second kappa shape index (κ2) is 13.4. The van der Waals surface area contributed by atoms with Gasteiger partial charge in [-0.15, -0.1) is 0 Å². The SMILES string of the molecule is CC1(C)c2ccccc2-c2cccc(-c3ccccc3N(c3ccc4c(c3)C3(CCCCC3)c3ccccc3-4)c3ccc4c(c3)C3(c5ccccc5-c5ccccc53)c3ccccc3-4)c21. The first-order valence-electron chi connectivity index (χ1n) is 23.8. The highest BCUT2D eigenvalue weighted by Crippen LogP contribution is 2.64. The highest BCUT2D eigenvalue weighted by molar-refractivity contribution is 5.99. The Hall–Kier alpha value is -7.22. The van der Waals surface area contributed by atoms with Gasteiger partial charge < -0.3 is 4.90 Å². The van der Waals surface area contributed by atoms with Crippen molar-refractivity contribution in [2.75, 3.05) is 4.90 Å². The zero-order valence-electron chi connectivity index (χ0n) is 37.0. The summed E-state index contributed by atoms with van der Waals surface area (Å²) in [5.74, 6) is 0. The molecule has 1 saturated carbocycles. The van der Waals surface area contributed by atoms with E-state index in [1.165, 1.54) is 149 Å². The highest BCUT2D eigenvalue weighted by atomic mass is 15.1. The molecule has 2 spiro atoms. The maximum absolute atomic E-state index is 2.62. The van der Waals surface area contributed by atoms with Crippen molar-refractivity contribution in [1.82, 2.24) is 0 Å². The molecule has 0 heterocycles. The number of fused-ring (bicyclic) bond motifs is 18. The number of hydrogen-bond donors (Lipinski definition) is 0. The predicted molar refractivity (Wildman–Crippen MR) is 270 cm³/mol. The van der Waals surface area contributed by atoms with Crippen LogP contribution in [0, 0.1) is 0 Å². The van der Waals surface area contributed by atoms with Gasteiger partial charge in [0.2, 0.25) is 0 Å². The molecule has 5 aliphatic carbocycles. The van der Waals surface area contributed by atoms with E-state index >= 15 is 0 Å². The van der Waals surface area contributed by atoms with Crippen molar-refractivity contribution < 1.29 is 0 Å². The fourth-order valence-corrected chi connectivity index (χ4v) is 13.9. The van der Waals surface area contributed by atoms with Crippen LogP contribution in [-0.2, 0) is 16.2 Å². The third-order valence-corrected chi connectivity index (χ3v) is 16.5. The Morgan fingerprint density at radius 3 is 1.31 bits per heavy atom. The van der Waals surface area contributed by atoms with E-state index in [1.807, 2.05) is 0 Å². The van der Waals surface area contributed by atoms with Gasteiger partial charge in [-0.05, 0) is 138 Å². The third kappa shape index (κ3) is 4.78. The van der Waals surface area contributed by atoms with E-state index in [0.29, 0.717) is 0 Å². The highest BCUT2D eigenvalue weighted by Gasteiger charge is 2.52. The molecule has 0 aliphatic heterocycles. The van der Waals surface area contributed by atoms with Crippen LogP contribution in [0.3, 0.4) is 0 Å². The normalized spacial score (nSPS) is 16.5. The molecule has 1 nitrogen and oxygen atoms in total. The van der Waals surface area contributed by atoms with Crippen molar-refractivity contribution in [3.8, 4) is 55.6 Å². The van der Waals surface area contributed by atoms with Crippen molar-refractivity contribution in [3.05, 3.63) is 245 Å². The Morgan fingerprint density at radius 2 is 0.723 bits per heavy atom. The molecule has 14 rings (SSSR count). The molecule has 9 aromatic carbocycles. The van der Waals surface area contributed by atoms with Crippen LogP contribution < -0.4 is 4.90 Å². The molecule has 0 saturated heterocycles. The van der Waals surface area contributed by atoms with Crippen molar-refractivity contribution >= 4 is 17.1 Å². The van der Waals surface area contributed by atoms with Crippen LogP contribution >= 0.6 is 0 Å². The van der Waals surface area contributed by atoms with Crippen molar-refractivity contribution in [2.45, 2.75) is 62.2 Å². The molecule has 65 heavy (non-hydrogen) atoms. The summed E-state index contributed by atoms with van der Waals surface area (Å²) in [7, 11) is 0. The lowest BCUT2D eigenvalue weighted by molar-refractivity contribution is 0.353. The molecule has 5 aliphatic rings. The molecule has 0 bridgehead atoms. The minimum atomic E-state index is -0.442. The van der Waals surface area contributed by atoms with Crippen molar-refractivity contribution in [3.63, 3.8) is 0 Å². The maximum Gasteiger partial charge on any atom is 0.0726 e. The Balaban J connectivity index is 1.05. The monoisotopic (exact) mass is 831 g/mol. The first-order chi connectivity index (χ1) is 32.0. The molecular weight excluding hydrogens is 783 g/mol. The molecule has 0 unspecified atom stereocenters. The van der Waals surface area contributed by atoms with E-state index in [1.54, 1.807) is 0 Å². The van der Waals surface area contributed by atoms with Gasteiger partial charge in [-0.2, -0.15) is 0 Å². The number of para-hydroxylation sites is 1. The predicted octanol–water partition coefficient (Wildman–Crippen LogP) is 16.7. The van der Waals surface area contributed by atoms with E-state index in [-0.39, 0.29) is 10.8 Å². The summed E-state index contributed by atoms with van der Waals surface area (Å²) in [6.07, 6.45) is 6.23. The summed E-state index contributed by atoms with van der Waals surface area (Å²) in [6, 6.07) is 76.9. The molecule has 9 aromatic rings. The number of nitrogens with zero attached hydrogens (tertiary/aromatic N) is 1. The van der Waals surface area contributed by atoms with E-state index < -0.39 is 5.41 Å². The van der Waals surface area contributed by atoms with Crippen LogP contribution in [0.25, 0.3) is 55.6 Å². The molecule has 310 valence electrons. The van der Waals surface area contributed by atoms with Gasteiger partial charge in [0.05, 0.1) is 11.1 Å². The molecule has 0 N–H and O–H groups in total. The minimum Gasteiger partial charge on any atom is -0.310 e. The smallest absolute Gasteiger partial charge is 0.0726 e. The first-order valence-corrected chi connectivity index (χ1v) is 23.8. The lowest BCUT2D eigenvalue weighted by atomic mass is 9.68. The summed E-state index contributed by atoms with van der Waals surface area (Å²) >= 11 is 0. The molecule has 1 heteroatoms. The summed E-state index contributed by atoms with van der Waals surface area (Å²) in [5, 5.41) is 0. The molecule has 0 atom stereocenters.